The molecule has 0 saturated carbocycles. The number of carboxylic acid groups (broad SMARTS) is 1. The van der Waals surface area contributed by atoms with Crippen LogP contribution in [-0.4, -0.2) is 58.9 Å². The third-order valence-corrected chi connectivity index (χ3v) is 8.39. The van der Waals surface area contributed by atoms with E-state index in [0.717, 1.165) is 12.1 Å². The molecule has 10 nitrogen and oxygen atoms in total. The van der Waals surface area contributed by atoms with E-state index in [2.05, 4.69) is 14.7 Å². The molecule has 1 fully saturated rings. The first-order valence-corrected chi connectivity index (χ1v) is 13.4. The van der Waals surface area contributed by atoms with E-state index in [4.69, 9.17) is 28.9 Å². The smallest absolute Gasteiger partial charge is 0.326 e. The summed E-state index contributed by atoms with van der Waals surface area (Å²) in [5, 5.41) is 9.66. The number of likely N-dealkylation sites (tertiary alicyclic amines) is 1. The Morgan fingerprint density at radius 3 is 2.64 bits per heavy atom. The molecule has 36 heavy (non-hydrogen) atoms. The number of carboxylic acids is 1. The predicted octanol–water partition coefficient (Wildman–Crippen LogP) is 3.05. The van der Waals surface area contributed by atoms with E-state index in [0.29, 0.717) is 23.0 Å². The normalized spacial score (nSPS) is 19.4. The van der Waals surface area contributed by atoms with Gasteiger partial charge < -0.3 is 20.7 Å². The number of halogens is 2. The van der Waals surface area contributed by atoms with E-state index in [1.54, 1.807) is 18.2 Å². The predicted molar refractivity (Wildman–Crippen MR) is 136 cm³/mol. The average molecular weight is 554 g/mol. The Kier molecular flexibility index (Phi) is 7.46. The number of nitrogens with zero attached hydrogens (tertiary/aromatic N) is 2. The van der Waals surface area contributed by atoms with Gasteiger partial charge in [0.2, 0.25) is 15.9 Å². The SMILES string of the molecule is CC1CCN(C(=O)C(Cc2ccc3nc[nH]c3c2)NS(=O)(=O)c2cc(Cl)c(N)c(Cl)c2)C(C(=O)O)C1. The van der Waals surface area contributed by atoms with Crippen LogP contribution in [0.15, 0.2) is 41.6 Å². The van der Waals surface area contributed by atoms with Gasteiger partial charge in [0, 0.05) is 6.54 Å². The molecule has 13 heteroatoms. The highest BCUT2D eigenvalue weighted by atomic mass is 35.5. The van der Waals surface area contributed by atoms with Crippen molar-refractivity contribution in [3.8, 4) is 0 Å². The van der Waals surface area contributed by atoms with E-state index in [1.165, 1.54) is 11.2 Å². The van der Waals surface area contributed by atoms with Crippen LogP contribution in [0.3, 0.4) is 0 Å². The molecule has 0 aliphatic carbocycles. The number of nitrogens with one attached hydrogen (secondary N) is 2. The number of carbonyl (C=O) groups is 2. The molecule has 1 aliphatic heterocycles. The molecule has 1 aromatic heterocycles. The summed E-state index contributed by atoms with van der Waals surface area (Å²) < 4.78 is 29.0. The van der Waals surface area contributed by atoms with Crippen molar-refractivity contribution in [3.63, 3.8) is 0 Å². The lowest BCUT2D eigenvalue weighted by molar-refractivity contribution is -0.153. The van der Waals surface area contributed by atoms with Crippen molar-refractivity contribution in [2.75, 3.05) is 12.3 Å². The zero-order valence-corrected chi connectivity index (χ0v) is 21.6. The van der Waals surface area contributed by atoms with Crippen molar-refractivity contribution >= 4 is 61.8 Å². The summed E-state index contributed by atoms with van der Waals surface area (Å²) in [6.45, 7) is 2.13. The number of fused-ring (bicyclic) bond motifs is 1. The first-order chi connectivity index (χ1) is 17.0. The van der Waals surface area contributed by atoms with Crippen molar-refractivity contribution in [1.82, 2.24) is 19.6 Å². The Bertz CT molecular complexity index is 1400. The molecule has 5 N–H and O–H groups in total. The first kappa shape index (κ1) is 26.2. The van der Waals surface area contributed by atoms with E-state index >= 15 is 0 Å². The van der Waals surface area contributed by atoms with Crippen LogP contribution >= 0.6 is 23.2 Å². The van der Waals surface area contributed by atoms with Gasteiger partial charge in [0.15, 0.2) is 0 Å². The highest BCUT2D eigenvalue weighted by Crippen LogP contribution is 2.31. The number of amides is 1. The van der Waals surface area contributed by atoms with Gasteiger partial charge in [-0.25, -0.2) is 18.2 Å². The number of carbonyl (C=O) groups excluding carboxylic acids is 1. The van der Waals surface area contributed by atoms with Gasteiger partial charge in [-0.1, -0.05) is 36.2 Å². The molecule has 0 spiro atoms. The van der Waals surface area contributed by atoms with Crippen molar-refractivity contribution in [1.29, 1.82) is 0 Å². The van der Waals surface area contributed by atoms with Gasteiger partial charge in [0.25, 0.3) is 0 Å². The van der Waals surface area contributed by atoms with Crippen LogP contribution < -0.4 is 10.5 Å². The Labute approximate surface area is 217 Å². The van der Waals surface area contributed by atoms with Crippen LogP contribution in [0.4, 0.5) is 5.69 Å². The number of aliphatic carboxylic acids is 1. The quantitative estimate of drug-likeness (QED) is 0.327. The molecule has 1 amide bonds. The van der Waals surface area contributed by atoms with Crippen LogP contribution in [-0.2, 0) is 26.0 Å². The van der Waals surface area contributed by atoms with Gasteiger partial charge in [0.05, 0.1) is 38.0 Å². The minimum Gasteiger partial charge on any atom is -0.480 e. The van der Waals surface area contributed by atoms with Crippen molar-refractivity contribution in [3.05, 3.63) is 52.3 Å². The van der Waals surface area contributed by atoms with Gasteiger partial charge >= 0.3 is 5.97 Å². The number of anilines is 1. The number of benzene rings is 2. The molecule has 0 radical (unpaired) electrons. The monoisotopic (exact) mass is 553 g/mol. The van der Waals surface area contributed by atoms with Crippen molar-refractivity contribution in [2.45, 2.75) is 43.2 Å². The number of piperidine rings is 1. The molecule has 3 aromatic rings. The van der Waals surface area contributed by atoms with Crippen LogP contribution in [0, 0.1) is 5.92 Å². The molecule has 4 rings (SSSR count). The molecule has 1 aliphatic rings. The summed E-state index contributed by atoms with van der Waals surface area (Å²) in [4.78, 5) is 33.7. The third kappa shape index (κ3) is 5.44. The molecule has 192 valence electrons. The topological polar surface area (TPSA) is 158 Å². The fraction of sp³-hybridized carbons (Fsp3) is 0.348. The highest BCUT2D eigenvalue weighted by Gasteiger charge is 2.39. The molecule has 3 atom stereocenters. The van der Waals surface area contributed by atoms with E-state index in [9.17, 15) is 23.1 Å². The van der Waals surface area contributed by atoms with Gasteiger partial charge in [-0.3, -0.25) is 4.79 Å². The minimum absolute atomic E-state index is 0.0259. The van der Waals surface area contributed by atoms with Crippen molar-refractivity contribution < 1.29 is 23.1 Å². The summed E-state index contributed by atoms with van der Waals surface area (Å²) >= 11 is 12.1. The maximum absolute atomic E-state index is 13.7. The molecule has 0 bridgehead atoms. The van der Waals surface area contributed by atoms with Gasteiger partial charge in [-0.2, -0.15) is 4.72 Å². The van der Waals surface area contributed by atoms with Gasteiger partial charge in [-0.15, -0.1) is 0 Å². The number of hydrogen-bond donors (Lipinski definition) is 4. The summed E-state index contributed by atoms with van der Waals surface area (Å²) in [6, 6.07) is 5.20. The second-order valence-electron chi connectivity index (χ2n) is 8.95. The van der Waals surface area contributed by atoms with E-state index in [-0.39, 0.29) is 45.9 Å². The zero-order chi connectivity index (χ0) is 26.2. The fourth-order valence-electron chi connectivity index (χ4n) is 4.34. The van der Waals surface area contributed by atoms with Crippen molar-refractivity contribution in [2.24, 2.45) is 5.92 Å². The lowest BCUT2D eigenvalue weighted by atomic mass is 9.91. The minimum atomic E-state index is -4.29. The number of H-pyrrole nitrogens is 1. The number of imidazole rings is 1. The van der Waals surface area contributed by atoms with Crippen LogP contribution in [0.1, 0.15) is 25.3 Å². The van der Waals surface area contributed by atoms with Gasteiger partial charge in [-0.05, 0) is 55.0 Å². The largest absolute Gasteiger partial charge is 0.480 e. The fourth-order valence-corrected chi connectivity index (χ4v) is 6.19. The zero-order valence-electron chi connectivity index (χ0n) is 19.2. The maximum Gasteiger partial charge on any atom is 0.326 e. The summed E-state index contributed by atoms with van der Waals surface area (Å²) in [5.74, 6) is -1.64. The molecule has 2 aromatic carbocycles. The molecular weight excluding hydrogens is 529 g/mol. The molecule has 2 heterocycles. The maximum atomic E-state index is 13.7. The second kappa shape index (κ2) is 10.3. The highest BCUT2D eigenvalue weighted by molar-refractivity contribution is 7.89. The first-order valence-electron chi connectivity index (χ1n) is 11.2. The number of nitrogen functional groups attached to an aromatic ring is 1. The lowest BCUT2D eigenvalue weighted by Gasteiger charge is -2.38. The van der Waals surface area contributed by atoms with Crippen LogP contribution in [0.25, 0.3) is 11.0 Å². The Morgan fingerprint density at radius 1 is 1.28 bits per heavy atom. The summed E-state index contributed by atoms with van der Waals surface area (Å²) in [7, 11) is -4.29. The summed E-state index contributed by atoms with van der Waals surface area (Å²) in [5.41, 5.74) is 7.84. The second-order valence-corrected chi connectivity index (χ2v) is 11.5. The van der Waals surface area contributed by atoms with E-state index < -0.39 is 34.0 Å². The number of rotatable bonds is 7. The van der Waals surface area contributed by atoms with Crippen LogP contribution in [0.5, 0.6) is 0 Å². The standard InChI is InChI=1S/C23H25Cl2N5O5S/c1-12-4-5-30(20(6-12)23(32)33)22(31)19(8-13-2-3-17-18(7-13)28-11-27-17)29-36(34,35)14-9-15(24)21(26)16(25)10-14/h2-3,7,9-12,19-20,29H,4-6,8,26H2,1H3,(H,27,28)(H,32,33). The summed E-state index contributed by atoms with van der Waals surface area (Å²) in [6.07, 6.45) is 2.39. The lowest BCUT2D eigenvalue weighted by Crippen LogP contribution is -2.57. The molecule has 3 unspecified atom stereocenters. The number of aromatic nitrogens is 2. The number of hydrogen-bond acceptors (Lipinski definition) is 6. The van der Waals surface area contributed by atoms with Crippen LogP contribution in [0.2, 0.25) is 10.0 Å². The van der Waals surface area contributed by atoms with E-state index in [1.807, 2.05) is 6.92 Å². The Balaban J connectivity index is 1.70. The average Bonchev–Trinajstić information content (AvgIpc) is 3.29. The molecule has 1 saturated heterocycles. The molecular formula is C23H25Cl2N5O5S. The third-order valence-electron chi connectivity index (χ3n) is 6.32. The number of nitrogens with two attached hydrogens (primary N) is 1. The number of sulfonamides is 1. The Hall–Kier alpha value is -2.86. The number of aromatic amines is 1. The van der Waals surface area contributed by atoms with Gasteiger partial charge in [0.1, 0.15) is 12.1 Å². The Morgan fingerprint density at radius 2 is 1.97 bits per heavy atom.